The van der Waals surface area contributed by atoms with Gasteiger partial charge in [-0.05, 0) is 12.8 Å². The SMILES string of the molecule is NC(=O)/N=C(\N)N1CCCC1. The highest BCUT2D eigenvalue weighted by Gasteiger charge is 2.13. The molecule has 1 rings (SSSR count). The summed E-state index contributed by atoms with van der Waals surface area (Å²) >= 11 is 0. The smallest absolute Gasteiger partial charge is 0.341 e. The molecule has 5 nitrogen and oxygen atoms in total. The fraction of sp³-hybridized carbons (Fsp3) is 0.667. The third-order valence-electron chi connectivity index (χ3n) is 1.65. The van der Waals surface area contributed by atoms with Crippen LogP contribution >= 0.6 is 0 Å². The Morgan fingerprint density at radius 2 is 1.82 bits per heavy atom. The van der Waals surface area contributed by atoms with Crippen LogP contribution in [0.15, 0.2) is 4.99 Å². The monoisotopic (exact) mass is 156 g/mol. The standard InChI is InChI=1S/C6H12N4O/c7-5(9-6(8)11)10-3-1-2-4-10/h1-4H2,(H4,7,8,9,11). The number of rotatable bonds is 0. The van der Waals surface area contributed by atoms with E-state index in [0.29, 0.717) is 0 Å². The predicted octanol–water partition coefficient (Wildman–Crippen LogP) is -0.524. The van der Waals surface area contributed by atoms with E-state index in [-0.39, 0.29) is 5.96 Å². The molecule has 62 valence electrons. The molecule has 1 heterocycles. The van der Waals surface area contributed by atoms with Gasteiger partial charge in [0, 0.05) is 13.1 Å². The first-order valence-corrected chi connectivity index (χ1v) is 3.58. The first kappa shape index (κ1) is 7.84. The molecule has 1 aliphatic heterocycles. The first-order chi connectivity index (χ1) is 5.20. The number of amides is 2. The zero-order valence-corrected chi connectivity index (χ0v) is 6.29. The largest absolute Gasteiger partial charge is 0.369 e. The summed E-state index contributed by atoms with van der Waals surface area (Å²) in [6, 6.07) is -0.727. The maximum atomic E-state index is 10.3. The van der Waals surface area contributed by atoms with Crippen molar-refractivity contribution in [1.82, 2.24) is 4.90 Å². The molecule has 0 unspecified atom stereocenters. The molecule has 1 saturated heterocycles. The van der Waals surface area contributed by atoms with Crippen molar-refractivity contribution in [3.05, 3.63) is 0 Å². The van der Waals surface area contributed by atoms with Gasteiger partial charge in [-0.1, -0.05) is 0 Å². The molecule has 2 amide bonds. The minimum atomic E-state index is -0.727. The number of carbonyl (C=O) groups is 1. The molecule has 1 aliphatic rings. The number of urea groups is 1. The zero-order valence-electron chi connectivity index (χ0n) is 6.29. The van der Waals surface area contributed by atoms with Gasteiger partial charge >= 0.3 is 6.03 Å². The number of hydrogen-bond acceptors (Lipinski definition) is 1. The predicted molar refractivity (Wildman–Crippen MR) is 42.0 cm³/mol. The number of nitrogens with two attached hydrogens (primary N) is 2. The highest BCUT2D eigenvalue weighted by Crippen LogP contribution is 2.05. The average molecular weight is 156 g/mol. The van der Waals surface area contributed by atoms with Crippen molar-refractivity contribution < 1.29 is 4.79 Å². The van der Waals surface area contributed by atoms with Crippen LogP contribution < -0.4 is 11.5 Å². The summed E-state index contributed by atoms with van der Waals surface area (Å²) in [6.45, 7) is 1.76. The number of carbonyl (C=O) groups excluding carboxylic acids is 1. The van der Waals surface area contributed by atoms with E-state index in [4.69, 9.17) is 11.5 Å². The van der Waals surface area contributed by atoms with Crippen LogP contribution in [0.3, 0.4) is 0 Å². The molecule has 5 heteroatoms. The van der Waals surface area contributed by atoms with Gasteiger partial charge in [-0.25, -0.2) is 4.79 Å². The summed E-state index contributed by atoms with van der Waals surface area (Å²) in [7, 11) is 0. The third-order valence-corrected chi connectivity index (χ3v) is 1.65. The first-order valence-electron chi connectivity index (χ1n) is 3.58. The van der Waals surface area contributed by atoms with Crippen LogP contribution in [0, 0.1) is 0 Å². The molecule has 0 aliphatic carbocycles. The van der Waals surface area contributed by atoms with Crippen LogP contribution in [-0.2, 0) is 0 Å². The van der Waals surface area contributed by atoms with Crippen LogP contribution in [-0.4, -0.2) is 30.0 Å². The van der Waals surface area contributed by atoms with Gasteiger partial charge in [0.15, 0.2) is 0 Å². The zero-order chi connectivity index (χ0) is 8.27. The van der Waals surface area contributed by atoms with Crippen LogP contribution in [0.1, 0.15) is 12.8 Å². The van der Waals surface area contributed by atoms with Crippen molar-refractivity contribution >= 4 is 12.0 Å². The second-order valence-electron chi connectivity index (χ2n) is 2.50. The molecule has 1 fully saturated rings. The summed E-state index contributed by atoms with van der Waals surface area (Å²) in [5.41, 5.74) is 10.3. The lowest BCUT2D eigenvalue weighted by Crippen LogP contribution is -2.36. The molecule has 0 atom stereocenters. The number of nitrogens with zero attached hydrogens (tertiary/aromatic N) is 2. The van der Waals surface area contributed by atoms with Gasteiger partial charge in [-0.2, -0.15) is 4.99 Å². The number of guanidine groups is 1. The molecule has 0 radical (unpaired) electrons. The van der Waals surface area contributed by atoms with Crippen molar-refractivity contribution in [2.45, 2.75) is 12.8 Å². The van der Waals surface area contributed by atoms with Gasteiger partial charge in [0.1, 0.15) is 0 Å². The molecule has 0 spiro atoms. The topological polar surface area (TPSA) is 84.7 Å². The Morgan fingerprint density at radius 3 is 2.27 bits per heavy atom. The summed E-state index contributed by atoms with van der Waals surface area (Å²) in [6.07, 6.45) is 2.21. The van der Waals surface area contributed by atoms with Gasteiger partial charge in [0.25, 0.3) is 0 Å². The fourth-order valence-corrected chi connectivity index (χ4v) is 1.13. The Bertz CT molecular complexity index is 183. The average Bonchev–Trinajstić information content (AvgIpc) is 2.35. The van der Waals surface area contributed by atoms with Crippen LogP contribution in [0.4, 0.5) is 4.79 Å². The molecule has 0 aromatic rings. The summed E-state index contributed by atoms with van der Waals surface area (Å²) < 4.78 is 0. The molecular weight excluding hydrogens is 144 g/mol. The third kappa shape index (κ3) is 2.10. The van der Waals surface area contributed by atoms with Crippen molar-refractivity contribution in [1.29, 1.82) is 0 Å². The van der Waals surface area contributed by atoms with Crippen LogP contribution in [0.2, 0.25) is 0 Å². The summed E-state index contributed by atoms with van der Waals surface area (Å²) in [5.74, 6) is 0.245. The molecule has 0 saturated carbocycles. The van der Waals surface area contributed by atoms with E-state index in [2.05, 4.69) is 4.99 Å². The molecule has 0 bridgehead atoms. The molecule has 0 aromatic heterocycles. The highest BCUT2D eigenvalue weighted by molar-refractivity contribution is 5.90. The number of primary amides is 1. The highest BCUT2D eigenvalue weighted by atomic mass is 16.2. The van der Waals surface area contributed by atoms with E-state index in [9.17, 15) is 4.79 Å². The lowest BCUT2D eigenvalue weighted by Gasteiger charge is -2.14. The van der Waals surface area contributed by atoms with Gasteiger partial charge in [0.2, 0.25) is 5.96 Å². The van der Waals surface area contributed by atoms with E-state index < -0.39 is 6.03 Å². The Balaban J connectivity index is 2.51. The number of hydrogen-bond donors (Lipinski definition) is 2. The van der Waals surface area contributed by atoms with Gasteiger partial charge in [-0.3, -0.25) is 0 Å². The lowest BCUT2D eigenvalue weighted by molar-refractivity contribution is 0.256. The van der Waals surface area contributed by atoms with Crippen molar-refractivity contribution in [2.24, 2.45) is 16.5 Å². The molecule has 0 aromatic carbocycles. The van der Waals surface area contributed by atoms with E-state index in [1.807, 2.05) is 4.90 Å². The van der Waals surface area contributed by atoms with Crippen molar-refractivity contribution in [3.63, 3.8) is 0 Å². The number of likely N-dealkylation sites (tertiary alicyclic amines) is 1. The van der Waals surface area contributed by atoms with E-state index in [0.717, 1.165) is 25.9 Å². The van der Waals surface area contributed by atoms with Gasteiger partial charge < -0.3 is 16.4 Å². The molecule has 4 N–H and O–H groups in total. The van der Waals surface area contributed by atoms with Crippen molar-refractivity contribution in [2.75, 3.05) is 13.1 Å². The maximum absolute atomic E-state index is 10.3. The van der Waals surface area contributed by atoms with Crippen LogP contribution in [0.5, 0.6) is 0 Å². The Kier molecular flexibility index (Phi) is 2.30. The minimum absolute atomic E-state index is 0.245. The number of aliphatic imine (C=N–C) groups is 1. The maximum Gasteiger partial charge on any atom is 0.341 e. The van der Waals surface area contributed by atoms with E-state index in [1.165, 1.54) is 0 Å². The summed E-state index contributed by atoms with van der Waals surface area (Å²) in [5, 5.41) is 0. The van der Waals surface area contributed by atoms with Crippen LogP contribution in [0.25, 0.3) is 0 Å². The fourth-order valence-electron chi connectivity index (χ4n) is 1.13. The normalized spacial score (nSPS) is 18.9. The molecular formula is C6H12N4O. The Morgan fingerprint density at radius 1 is 1.27 bits per heavy atom. The summed E-state index contributed by atoms with van der Waals surface area (Å²) in [4.78, 5) is 15.6. The van der Waals surface area contributed by atoms with Gasteiger partial charge in [-0.15, -0.1) is 0 Å². The van der Waals surface area contributed by atoms with E-state index >= 15 is 0 Å². The second-order valence-corrected chi connectivity index (χ2v) is 2.50. The second kappa shape index (κ2) is 3.23. The minimum Gasteiger partial charge on any atom is -0.369 e. The Hall–Kier alpha value is -1.26. The van der Waals surface area contributed by atoms with Crippen molar-refractivity contribution in [3.8, 4) is 0 Å². The van der Waals surface area contributed by atoms with E-state index in [1.54, 1.807) is 0 Å². The molecule has 11 heavy (non-hydrogen) atoms. The quantitative estimate of drug-likeness (QED) is 0.365. The van der Waals surface area contributed by atoms with Gasteiger partial charge in [0.05, 0.1) is 0 Å². The lowest BCUT2D eigenvalue weighted by atomic mass is 10.4. The Labute approximate surface area is 65.1 Å².